The minimum absolute atomic E-state index is 0.0826. The molecule has 0 N–H and O–H groups in total. The van der Waals surface area contributed by atoms with Gasteiger partial charge >= 0.3 is 0 Å². The first-order valence-corrected chi connectivity index (χ1v) is 9.99. The van der Waals surface area contributed by atoms with Crippen molar-refractivity contribution < 1.29 is 4.79 Å². The minimum Gasteiger partial charge on any atom is -0.337 e. The molecule has 0 bridgehead atoms. The number of halogens is 1. The molecular formula is C19H22BrN3OS. The highest BCUT2D eigenvalue weighted by Crippen LogP contribution is 2.30. The molecular weight excluding hydrogens is 398 g/mol. The second kappa shape index (κ2) is 8.34. The highest BCUT2D eigenvalue weighted by Gasteiger charge is 2.27. The lowest BCUT2D eigenvalue weighted by molar-refractivity contribution is 0.0631. The van der Waals surface area contributed by atoms with Crippen LogP contribution >= 0.6 is 27.7 Å². The van der Waals surface area contributed by atoms with E-state index in [1.54, 1.807) is 6.20 Å². The second-order valence-electron chi connectivity index (χ2n) is 6.42. The van der Waals surface area contributed by atoms with Crippen LogP contribution in [0.25, 0.3) is 0 Å². The molecule has 0 saturated carbocycles. The Bertz CT molecular complexity index is 736. The van der Waals surface area contributed by atoms with E-state index in [1.807, 2.05) is 41.3 Å². The zero-order chi connectivity index (χ0) is 17.8. The average Bonchev–Trinajstić information content (AvgIpc) is 2.63. The quantitative estimate of drug-likeness (QED) is 0.744. The Kier molecular flexibility index (Phi) is 6.15. The molecule has 2 heterocycles. The van der Waals surface area contributed by atoms with Crippen LogP contribution in [0.15, 0.2) is 57.0 Å². The predicted octanol–water partition coefficient (Wildman–Crippen LogP) is 4.16. The number of likely N-dealkylation sites (tertiary alicyclic amines) is 1. The van der Waals surface area contributed by atoms with Gasteiger partial charge in [-0.25, -0.2) is 4.98 Å². The molecule has 0 spiro atoms. The third-order valence-corrected chi connectivity index (χ3v) is 6.00. The van der Waals surface area contributed by atoms with Gasteiger partial charge in [-0.15, -0.1) is 0 Å². The summed E-state index contributed by atoms with van der Waals surface area (Å²) in [4.78, 5) is 22.8. The van der Waals surface area contributed by atoms with E-state index in [2.05, 4.69) is 39.9 Å². The van der Waals surface area contributed by atoms with Gasteiger partial charge in [0.05, 0.1) is 5.56 Å². The summed E-state index contributed by atoms with van der Waals surface area (Å²) in [5, 5.41) is 0.766. The Balaban J connectivity index is 1.80. The van der Waals surface area contributed by atoms with Gasteiger partial charge in [-0.1, -0.05) is 27.7 Å². The Labute approximate surface area is 161 Å². The fourth-order valence-electron chi connectivity index (χ4n) is 2.98. The van der Waals surface area contributed by atoms with E-state index in [-0.39, 0.29) is 5.91 Å². The lowest BCUT2D eigenvalue weighted by Crippen LogP contribution is -2.47. The number of likely N-dealkylation sites (N-methyl/N-ethyl adjacent to an activating group) is 1. The molecule has 1 atom stereocenters. The summed E-state index contributed by atoms with van der Waals surface area (Å²) >= 11 is 4.98. The Morgan fingerprint density at radius 2 is 2.04 bits per heavy atom. The van der Waals surface area contributed by atoms with Crippen molar-refractivity contribution in [3.8, 4) is 0 Å². The van der Waals surface area contributed by atoms with Crippen molar-refractivity contribution in [3.63, 3.8) is 0 Å². The zero-order valence-electron chi connectivity index (χ0n) is 14.5. The minimum atomic E-state index is 0.0826. The second-order valence-corrected chi connectivity index (χ2v) is 8.40. The van der Waals surface area contributed by atoms with Gasteiger partial charge in [0.25, 0.3) is 5.91 Å². The Morgan fingerprint density at radius 3 is 2.76 bits per heavy atom. The van der Waals surface area contributed by atoms with E-state index < -0.39 is 0 Å². The van der Waals surface area contributed by atoms with Crippen LogP contribution in [-0.4, -0.2) is 53.9 Å². The molecule has 1 unspecified atom stereocenters. The van der Waals surface area contributed by atoms with Crippen molar-refractivity contribution in [2.24, 2.45) is 0 Å². The predicted molar refractivity (Wildman–Crippen MR) is 105 cm³/mol. The average molecular weight is 420 g/mol. The molecule has 6 heteroatoms. The Morgan fingerprint density at radius 1 is 1.28 bits per heavy atom. The highest BCUT2D eigenvalue weighted by molar-refractivity contribution is 9.10. The number of hydrogen-bond acceptors (Lipinski definition) is 4. The van der Waals surface area contributed by atoms with Crippen molar-refractivity contribution in [1.29, 1.82) is 0 Å². The van der Waals surface area contributed by atoms with Crippen molar-refractivity contribution in [1.82, 2.24) is 14.8 Å². The molecule has 1 fully saturated rings. The van der Waals surface area contributed by atoms with Gasteiger partial charge in [-0.05, 0) is 63.3 Å². The third kappa shape index (κ3) is 4.63. The largest absolute Gasteiger partial charge is 0.337 e. The van der Waals surface area contributed by atoms with E-state index in [9.17, 15) is 4.79 Å². The number of pyridine rings is 1. The van der Waals surface area contributed by atoms with Crippen LogP contribution in [0.1, 0.15) is 23.2 Å². The standard InChI is InChI=1S/C19H22BrN3OS/c1-22(2)15-5-4-12-23(13-15)19(24)17-6-3-11-21-18(17)25-16-9-7-14(20)8-10-16/h3,6-11,15H,4-5,12-13H2,1-2H3. The molecule has 1 aromatic carbocycles. The van der Waals surface area contributed by atoms with Crippen molar-refractivity contribution in [2.75, 3.05) is 27.2 Å². The number of nitrogens with zero attached hydrogens (tertiary/aromatic N) is 3. The van der Waals surface area contributed by atoms with Crippen LogP contribution in [0.5, 0.6) is 0 Å². The molecule has 1 aliphatic heterocycles. The van der Waals surface area contributed by atoms with Gasteiger partial charge in [0, 0.05) is 34.7 Å². The van der Waals surface area contributed by atoms with Crippen molar-refractivity contribution >= 4 is 33.6 Å². The molecule has 2 aromatic rings. The number of carbonyl (C=O) groups is 1. The van der Waals surface area contributed by atoms with Crippen LogP contribution in [0.4, 0.5) is 0 Å². The molecule has 1 aromatic heterocycles. The number of aromatic nitrogens is 1. The van der Waals surface area contributed by atoms with Crippen LogP contribution in [0, 0.1) is 0 Å². The fourth-order valence-corrected chi connectivity index (χ4v) is 4.12. The zero-order valence-corrected chi connectivity index (χ0v) is 16.9. The van der Waals surface area contributed by atoms with E-state index in [1.165, 1.54) is 11.8 Å². The lowest BCUT2D eigenvalue weighted by atomic mass is 10.0. The number of piperidine rings is 1. The first kappa shape index (κ1) is 18.4. The van der Waals surface area contributed by atoms with Crippen LogP contribution < -0.4 is 0 Å². The van der Waals surface area contributed by atoms with Crippen LogP contribution in [0.2, 0.25) is 0 Å². The summed E-state index contributed by atoms with van der Waals surface area (Å²) in [5.74, 6) is 0.0826. The monoisotopic (exact) mass is 419 g/mol. The maximum Gasteiger partial charge on any atom is 0.256 e. The molecule has 1 aliphatic rings. The van der Waals surface area contributed by atoms with Crippen LogP contribution in [-0.2, 0) is 0 Å². The molecule has 1 saturated heterocycles. The van der Waals surface area contributed by atoms with Gasteiger partial charge < -0.3 is 9.80 Å². The summed E-state index contributed by atoms with van der Waals surface area (Å²) < 4.78 is 1.04. The van der Waals surface area contributed by atoms with Gasteiger partial charge in [-0.2, -0.15) is 0 Å². The molecule has 0 aliphatic carbocycles. The number of amides is 1. The van der Waals surface area contributed by atoms with Crippen LogP contribution in [0.3, 0.4) is 0 Å². The molecule has 4 nitrogen and oxygen atoms in total. The molecule has 132 valence electrons. The first-order valence-electron chi connectivity index (χ1n) is 8.39. The summed E-state index contributed by atoms with van der Waals surface area (Å²) in [6.07, 6.45) is 3.94. The lowest BCUT2D eigenvalue weighted by Gasteiger charge is -2.36. The molecule has 25 heavy (non-hydrogen) atoms. The molecule has 1 amide bonds. The van der Waals surface area contributed by atoms with E-state index in [4.69, 9.17) is 0 Å². The topological polar surface area (TPSA) is 36.4 Å². The summed E-state index contributed by atoms with van der Waals surface area (Å²) in [6.45, 7) is 1.60. The van der Waals surface area contributed by atoms with E-state index >= 15 is 0 Å². The van der Waals surface area contributed by atoms with Crippen molar-refractivity contribution in [2.45, 2.75) is 28.8 Å². The summed E-state index contributed by atoms with van der Waals surface area (Å²) in [5.41, 5.74) is 0.690. The highest BCUT2D eigenvalue weighted by atomic mass is 79.9. The maximum absolute atomic E-state index is 13.1. The summed E-state index contributed by atoms with van der Waals surface area (Å²) in [6, 6.07) is 12.2. The van der Waals surface area contributed by atoms with E-state index in [0.717, 1.165) is 40.3 Å². The first-order chi connectivity index (χ1) is 12.0. The molecule has 0 radical (unpaired) electrons. The van der Waals surface area contributed by atoms with Gasteiger partial charge in [-0.3, -0.25) is 4.79 Å². The molecule has 3 rings (SSSR count). The maximum atomic E-state index is 13.1. The van der Waals surface area contributed by atoms with Gasteiger partial charge in [0.15, 0.2) is 0 Å². The number of carbonyl (C=O) groups excluding carboxylic acids is 1. The van der Waals surface area contributed by atoms with Gasteiger partial charge in [0.2, 0.25) is 0 Å². The van der Waals surface area contributed by atoms with E-state index in [0.29, 0.717) is 11.6 Å². The summed E-state index contributed by atoms with van der Waals surface area (Å²) in [7, 11) is 4.16. The third-order valence-electron chi connectivity index (χ3n) is 4.44. The fraction of sp³-hybridized carbons (Fsp3) is 0.368. The SMILES string of the molecule is CN(C)C1CCCN(C(=O)c2cccnc2Sc2ccc(Br)cc2)C1. The normalized spacial score (nSPS) is 17.8. The number of hydrogen-bond donors (Lipinski definition) is 0. The Hall–Kier alpha value is -1.37. The smallest absolute Gasteiger partial charge is 0.256 e. The van der Waals surface area contributed by atoms with Gasteiger partial charge in [0.1, 0.15) is 5.03 Å². The van der Waals surface area contributed by atoms with Crippen molar-refractivity contribution in [3.05, 3.63) is 52.6 Å². The number of rotatable bonds is 4. The number of benzene rings is 1.